The quantitative estimate of drug-likeness (QED) is 0.729. The maximum Gasteiger partial charge on any atom is 0.259 e. The smallest absolute Gasteiger partial charge is 0.259 e. The number of aromatic amines is 1. The lowest BCUT2D eigenvalue weighted by molar-refractivity contribution is 0.587. The van der Waals surface area contributed by atoms with Crippen LogP contribution in [0.15, 0.2) is 41.2 Å². The lowest BCUT2D eigenvalue weighted by atomic mass is 10.1. The molecule has 8 heteroatoms. The number of benzene rings is 2. The summed E-state index contributed by atoms with van der Waals surface area (Å²) in [6.07, 6.45) is 0. The van der Waals surface area contributed by atoms with Gasteiger partial charge in [0.25, 0.3) is 5.56 Å². The zero-order valence-corrected chi connectivity index (χ0v) is 15.5. The van der Waals surface area contributed by atoms with Crippen molar-refractivity contribution in [2.24, 2.45) is 0 Å². The van der Waals surface area contributed by atoms with Gasteiger partial charge >= 0.3 is 0 Å². The predicted octanol–water partition coefficient (Wildman–Crippen LogP) is 2.27. The van der Waals surface area contributed by atoms with E-state index in [9.17, 15) is 17.6 Å². The molecule has 1 saturated heterocycles. The third kappa shape index (κ3) is 3.44. The first-order valence-electron chi connectivity index (χ1n) is 8.58. The number of aryl methyl sites for hydroxylation is 1. The van der Waals surface area contributed by atoms with Crippen molar-refractivity contribution < 1.29 is 12.8 Å². The Morgan fingerprint density at radius 3 is 2.44 bits per heavy atom. The molecule has 1 fully saturated rings. The molecule has 0 unspecified atom stereocenters. The fourth-order valence-electron chi connectivity index (χ4n) is 3.31. The van der Waals surface area contributed by atoms with E-state index in [1.165, 1.54) is 12.1 Å². The number of sulfone groups is 1. The maximum absolute atomic E-state index is 13.5. The molecule has 1 aromatic heterocycles. The van der Waals surface area contributed by atoms with Gasteiger partial charge in [-0.2, -0.15) is 0 Å². The van der Waals surface area contributed by atoms with Crippen LogP contribution in [0.3, 0.4) is 0 Å². The van der Waals surface area contributed by atoms with Gasteiger partial charge < -0.3 is 9.88 Å². The summed E-state index contributed by atoms with van der Waals surface area (Å²) in [7, 11) is -2.93. The van der Waals surface area contributed by atoms with E-state index < -0.39 is 15.7 Å². The molecule has 1 N–H and O–H groups in total. The molecular formula is C19H18FN3O3S. The zero-order valence-electron chi connectivity index (χ0n) is 14.7. The predicted molar refractivity (Wildman–Crippen MR) is 103 cm³/mol. The summed E-state index contributed by atoms with van der Waals surface area (Å²) < 4.78 is 36.7. The number of anilines is 1. The molecular weight excluding hydrogens is 369 g/mol. The van der Waals surface area contributed by atoms with Crippen LogP contribution in [0.2, 0.25) is 0 Å². The fourth-order valence-corrected chi connectivity index (χ4v) is 4.51. The van der Waals surface area contributed by atoms with E-state index >= 15 is 0 Å². The number of H-pyrrole nitrogens is 1. The molecule has 2 heterocycles. The molecule has 0 saturated carbocycles. The van der Waals surface area contributed by atoms with E-state index in [-0.39, 0.29) is 22.5 Å². The number of halogens is 1. The van der Waals surface area contributed by atoms with E-state index in [2.05, 4.69) is 9.97 Å². The summed E-state index contributed by atoms with van der Waals surface area (Å²) in [6, 6.07) is 9.98. The number of hydrogen-bond acceptors (Lipinski definition) is 5. The highest BCUT2D eigenvalue weighted by molar-refractivity contribution is 7.91. The molecule has 0 radical (unpaired) electrons. The van der Waals surface area contributed by atoms with Crippen LogP contribution in [0.25, 0.3) is 22.3 Å². The van der Waals surface area contributed by atoms with Crippen LogP contribution in [-0.2, 0) is 9.84 Å². The first-order valence-corrected chi connectivity index (χ1v) is 10.4. The van der Waals surface area contributed by atoms with Crippen LogP contribution in [0.5, 0.6) is 0 Å². The second kappa shape index (κ2) is 6.45. The van der Waals surface area contributed by atoms with Crippen molar-refractivity contribution in [2.75, 3.05) is 29.5 Å². The van der Waals surface area contributed by atoms with E-state index in [0.29, 0.717) is 30.0 Å². The highest BCUT2D eigenvalue weighted by Crippen LogP contribution is 2.23. The summed E-state index contributed by atoms with van der Waals surface area (Å²) in [5, 5.41) is 0.224. The van der Waals surface area contributed by atoms with Crippen LogP contribution in [0.4, 0.5) is 10.1 Å². The van der Waals surface area contributed by atoms with Crippen LogP contribution in [-0.4, -0.2) is 43.0 Å². The molecule has 2 aromatic carbocycles. The number of hydrogen-bond donors (Lipinski definition) is 1. The Bertz CT molecular complexity index is 1170. The molecule has 0 amide bonds. The van der Waals surface area contributed by atoms with E-state index in [1.807, 2.05) is 29.2 Å². The summed E-state index contributed by atoms with van der Waals surface area (Å²) in [6.45, 7) is 2.66. The summed E-state index contributed by atoms with van der Waals surface area (Å²) in [5.41, 5.74) is 2.34. The Balaban J connectivity index is 1.67. The van der Waals surface area contributed by atoms with Crippen molar-refractivity contribution in [1.29, 1.82) is 0 Å². The number of nitrogens with zero attached hydrogens (tertiary/aromatic N) is 2. The number of rotatable bonds is 2. The van der Waals surface area contributed by atoms with Gasteiger partial charge in [-0.1, -0.05) is 0 Å². The average Bonchev–Trinajstić information content (AvgIpc) is 2.63. The Labute approximate surface area is 155 Å². The molecule has 3 aromatic rings. The lowest BCUT2D eigenvalue weighted by Crippen LogP contribution is -2.40. The first kappa shape index (κ1) is 17.7. The molecule has 4 rings (SSSR count). The molecule has 0 spiro atoms. The van der Waals surface area contributed by atoms with Crippen molar-refractivity contribution in [3.63, 3.8) is 0 Å². The Hall–Kier alpha value is -2.74. The molecule has 0 bridgehead atoms. The largest absolute Gasteiger partial charge is 0.369 e. The Morgan fingerprint density at radius 1 is 1.11 bits per heavy atom. The minimum atomic E-state index is -2.93. The minimum absolute atomic E-state index is 0.157. The average molecular weight is 387 g/mol. The third-order valence-electron chi connectivity index (χ3n) is 4.82. The number of aromatic nitrogens is 2. The van der Waals surface area contributed by atoms with Crippen molar-refractivity contribution in [2.45, 2.75) is 6.92 Å². The summed E-state index contributed by atoms with van der Waals surface area (Å²) in [5.74, 6) is 0.261. The first-order chi connectivity index (χ1) is 12.8. The van der Waals surface area contributed by atoms with E-state index in [1.54, 1.807) is 6.92 Å². The van der Waals surface area contributed by atoms with Gasteiger partial charge in [-0.25, -0.2) is 17.8 Å². The van der Waals surface area contributed by atoms with Crippen molar-refractivity contribution in [3.05, 3.63) is 58.1 Å². The molecule has 1 aliphatic rings. The van der Waals surface area contributed by atoms with Gasteiger partial charge in [0.1, 0.15) is 11.6 Å². The van der Waals surface area contributed by atoms with Gasteiger partial charge in [-0.05, 0) is 48.9 Å². The minimum Gasteiger partial charge on any atom is -0.369 e. The summed E-state index contributed by atoms with van der Waals surface area (Å²) >= 11 is 0. The Morgan fingerprint density at radius 2 is 1.78 bits per heavy atom. The topological polar surface area (TPSA) is 83.1 Å². The highest BCUT2D eigenvalue weighted by atomic mass is 32.2. The third-order valence-corrected chi connectivity index (χ3v) is 6.42. The van der Waals surface area contributed by atoms with Gasteiger partial charge in [0, 0.05) is 24.3 Å². The fraction of sp³-hybridized carbons (Fsp3) is 0.263. The van der Waals surface area contributed by atoms with Gasteiger partial charge in [0.15, 0.2) is 9.84 Å². The van der Waals surface area contributed by atoms with Crippen LogP contribution in [0, 0.1) is 12.7 Å². The van der Waals surface area contributed by atoms with Crippen molar-refractivity contribution in [3.8, 4) is 11.4 Å². The summed E-state index contributed by atoms with van der Waals surface area (Å²) in [4.78, 5) is 21.5. The highest BCUT2D eigenvalue weighted by Gasteiger charge is 2.21. The lowest BCUT2D eigenvalue weighted by Gasteiger charge is -2.28. The molecule has 1 aliphatic heterocycles. The second-order valence-electron chi connectivity index (χ2n) is 6.72. The van der Waals surface area contributed by atoms with Gasteiger partial charge in [0.2, 0.25) is 0 Å². The zero-order chi connectivity index (χ0) is 19.2. The van der Waals surface area contributed by atoms with Gasteiger partial charge in [-0.15, -0.1) is 0 Å². The van der Waals surface area contributed by atoms with Gasteiger partial charge in [-0.3, -0.25) is 4.79 Å². The molecule has 0 aliphatic carbocycles. The van der Waals surface area contributed by atoms with Gasteiger partial charge in [0.05, 0.1) is 22.4 Å². The molecule has 27 heavy (non-hydrogen) atoms. The van der Waals surface area contributed by atoms with Crippen molar-refractivity contribution >= 4 is 26.4 Å². The van der Waals surface area contributed by atoms with Crippen LogP contribution >= 0.6 is 0 Å². The second-order valence-corrected chi connectivity index (χ2v) is 9.02. The monoisotopic (exact) mass is 387 g/mol. The standard InChI is InChI=1S/C19H18FN3O3S/c1-12-10-14(20)11-16-17(12)21-18(22-19(16)24)13-2-4-15(5-3-13)23-6-8-27(25,26)9-7-23/h2-5,10-11H,6-9H2,1H3,(H,21,22,24). The molecule has 0 atom stereocenters. The SMILES string of the molecule is Cc1cc(F)cc2c(=O)[nH]c(-c3ccc(N4CCS(=O)(=O)CC4)cc3)nc12. The van der Waals surface area contributed by atoms with Crippen molar-refractivity contribution in [1.82, 2.24) is 9.97 Å². The van der Waals surface area contributed by atoms with E-state index in [4.69, 9.17) is 0 Å². The van der Waals surface area contributed by atoms with Crippen LogP contribution < -0.4 is 10.5 Å². The molecule has 6 nitrogen and oxygen atoms in total. The normalized spacial score (nSPS) is 16.6. The van der Waals surface area contributed by atoms with Crippen LogP contribution in [0.1, 0.15) is 5.56 Å². The number of nitrogens with one attached hydrogen (secondary N) is 1. The maximum atomic E-state index is 13.5. The molecule has 140 valence electrons. The Kier molecular flexibility index (Phi) is 4.22. The van der Waals surface area contributed by atoms with E-state index in [0.717, 1.165) is 11.3 Å². The number of fused-ring (bicyclic) bond motifs is 1.